The zero-order valence-electron chi connectivity index (χ0n) is 14.3. The van der Waals surface area contributed by atoms with Crippen LogP contribution in [0, 0.1) is 11.8 Å². The van der Waals surface area contributed by atoms with Crippen LogP contribution in [0.5, 0.6) is 0 Å². The van der Waals surface area contributed by atoms with E-state index >= 15 is 0 Å². The Kier molecular flexibility index (Phi) is 12.6. The molecule has 1 aliphatic carbocycles. The summed E-state index contributed by atoms with van der Waals surface area (Å²) in [5, 5.41) is 9.43. The minimum absolute atomic E-state index is 0. The molecule has 22 heavy (non-hydrogen) atoms. The van der Waals surface area contributed by atoms with E-state index in [1.54, 1.807) is 7.05 Å². The summed E-state index contributed by atoms with van der Waals surface area (Å²) < 4.78 is 0. The van der Waals surface area contributed by atoms with E-state index in [0.717, 1.165) is 18.4 Å². The van der Waals surface area contributed by atoms with Gasteiger partial charge in [0, 0.05) is 32.6 Å². The summed E-state index contributed by atoms with van der Waals surface area (Å²) in [6.45, 7) is 6.08. The zero-order valence-corrected chi connectivity index (χ0v) is 16.6. The Labute approximate surface area is 152 Å². The molecule has 0 aromatic carbocycles. The van der Waals surface area contributed by atoms with Crippen LogP contribution in [-0.2, 0) is 4.79 Å². The molecule has 0 aromatic rings. The van der Waals surface area contributed by atoms with Crippen LogP contribution < -0.4 is 16.0 Å². The zero-order chi connectivity index (χ0) is 15.5. The summed E-state index contributed by atoms with van der Waals surface area (Å²) in [7, 11) is 1.78. The third-order valence-electron chi connectivity index (χ3n) is 4.02. The molecule has 0 atom stereocenters. The van der Waals surface area contributed by atoms with Crippen molar-refractivity contribution in [3.05, 3.63) is 0 Å². The highest BCUT2D eigenvalue weighted by atomic mass is 127. The Morgan fingerprint density at radius 1 is 1.09 bits per heavy atom. The van der Waals surface area contributed by atoms with Crippen molar-refractivity contribution in [3.63, 3.8) is 0 Å². The summed E-state index contributed by atoms with van der Waals surface area (Å²) in [6, 6.07) is 0. The Hall–Kier alpha value is -0.530. The molecule has 1 aliphatic rings. The summed E-state index contributed by atoms with van der Waals surface area (Å²) in [6.07, 6.45) is 8.21. The number of rotatable bonds is 8. The van der Waals surface area contributed by atoms with Gasteiger partial charge in [-0.15, -0.1) is 24.0 Å². The van der Waals surface area contributed by atoms with Crippen molar-refractivity contribution in [2.24, 2.45) is 16.8 Å². The van der Waals surface area contributed by atoms with Crippen LogP contribution >= 0.6 is 24.0 Å². The normalized spacial score (nSPS) is 15.5. The van der Waals surface area contributed by atoms with E-state index in [-0.39, 0.29) is 35.8 Å². The largest absolute Gasteiger partial charge is 0.356 e. The van der Waals surface area contributed by atoms with Crippen molar-refractivity contribution in [3.8, 4) is 0 Å². The van der Waals surface area contributed by atoms with Crippen LogP contribution in [0.2, 0.25) is 0 Å². The van der Waals surface area contributed by atoms with Crippen molar-refractivity contribution in [2.75, 3.05) is 26.7 Å². The van der Waals surface area contributed by atoms with E-state index in [2.05, 4.69) is 20.9 Å². The van der Waals surface area contributed by atoms with Gasteiger partial charge in [-0.25, -0.2) is 0 Å². The molecule has 0 bridgehead atoms. The Morgan fingerprint density at radius 3 is 2.27 bits per heavy atom. The Balaban J connectivity index is 0.00000441. The SMILES string of the molecule is CN=C(NCCCC1CCCC1)NCCNC(=O)C(C)C.I. The summed E-state index contributed by atoms with van der Waals surface area (Å²) in [5.41, 5.74) is 0. The number of amides is 1. The van der Waals surface area contributed by atoms with Gasteiger partial charge in [-0.2, -0.15) is 0 Å². The molecule has 0 heterocycles. The van der Waals surface area contributed by atoms with Crippen LogP contribution in [0.4, 0.5) is 0 Å². The first-order valence-electron chi connectivity index (χ1n) is 8.35. The van der Waals surface area contributed by atoms with Crippen LogP contribution in [0.25, 0.3) is 0 Å². The quantitative estimate of drug-likeness (QED) is 0.243. The summed E-state index contributed by atoms with van der Waals surface area (Å²) in [5.74, 6) is 1.91. The van der Waals surface area contributed by atoms with Crippen LogP contribution in [-0.4, -0.2) is 38.5 Å². The molecular weight excluding hydrogens is 391 g/mol. The molecule has 1 saturated carbocycles. The smallest absolute Gasteiger partial charge is 0.222 e. The van der Waals surface area contributed by atoms with Crippen molar-refractivity contribution in [2.45, 2.75) is 52.4 Å². The van der Waals surface area contributed by atoms with Gasteiger partial charge in [0.15, 0.2) is 5.96 Å². The molecule has 5 nitrogen and oxygen atoms in total. The number of carbonyl (C=O) groups excluding carboxylic acids is 1. The Bertz CT molecular complexity index is 328. The predicted octanol–water partition coefficient (Wildman–Crippen LogP) is 2.51. The van der Waals surface area contributed by atoms with E-state index < -0.39 is 0 Å². The third-order valence-corrected chi connectivity index (χ3v) is 4.02. The van der Waals surface area contributed by atoms with Gasteiger partial charge in [0.25, 0.3) is 0 Å². The van der Waals surface area contributed by atoms with Crippen LogP contribution in [0.3, 0.4) is 0 Å². The lowest BCUT2D eigenvalue weighted by Gasteiger charge is -2.14. The molecule has 0 aliphatic heterocycles. The first-order chi connectivity index (χ1) is 10.1. The van der Waals surface area contributed by atoms with Crippen molar-refractivity contribution in [1.82, 2.24) is 16.0 Å². The Morgan fingerprint density at radius 2 is 1.68 bits per heavy atom. The van der Waals surface area contributed by atoms with Crippen molar-refractivity contribution < 1.29 is 4.79 Å². The van der Waals surface area contributed by atoms with E-state index in [0.29, 0.717) is 13.1 Å². The average molecular weight is 424 g/mol. The second-order valence-corrected chi connectivity index (χ2v) is 6.16. The molecule has 1 amide bonds. The number of aliphatic imine (C=N–C) groups is 1. The van der Waals surface area contributed by atoms with Crippen LogP contribution in [0.15, 0.2) is 4.99 Å². The topological polar surface area (TPSA) is 65.5 Å². The molecule has 0 spiro atoms. The minimum Gasteiger partial charge on any atom is -0.356 e. The molecule has 1 fully saturated rings. The minimum atomic E-state index is 0. The van der Waals surface area contributed by atoms with Gasteiger partial charge in [-0.1, -0.05) is 39.5 Å². The monoisotopic (exact) mass is 424 g/mol. The number of hydrogen-bond acceptors (Lipinski definition) is 2. The molecular formula is C16H33IN4O. The number of halogens is 1. The molecule has 1 rings (SSSR count). The number of hydrogen-bond donors (Lipinski definition) is 3. The summed E-state index contributed by atoms with van der Waals surface area (Å²) >= 11 is 0. The summed E-state index contributed by atoms with van der Waals surface area (Å²) in [4.78, 5) is 15.6. The lowest BCUT2D eigenvalue weighted by Crippen LogP contribution is -2.42. The van der Waals surface area contributed by atoms with E-state index in [9.17, 15) is 4.79 Å². The van der Waals surface area contributed by atoms with Gasteiger partial charge >= 0.3 is 0 Å². The number of nitrogens with one attached hydrogen (secondary N) is 3. The molecule has 130 valence electrons. The van der Waals surface area contributed by atoms with Gasteiger partial charge in [0.05, 0.1) is 0 Å². The fourth-order valence-corrected chi connectivity index (χ4v) is 2.69. The maximum Gasteiger partial charge on any atom is 0.222 e. The fraction of sp³-hybridized carbons (Fsp3) is 0.875. The molecule has 0 aromatic heterocycles. The highest BCUT2D eigenvalue weighted by Crippen LogP contribution is 2.28. The molecule has 0 radical (unpaired) electrons. The van der Waals surface area contributed by atoms with E-state index in [1.165, 1.54) is 38.5 Å². The molecule has 0 saturated heterocycles. The van der Waals surface area contributed by atoms with Gasteiger partial charge in [-0.3, -0.25) is 9.79 Å². The molecule has 3 N–H and O–H groups in total. The second-order valence-electron chi connectivity index (χ2n) is 6.16. The predicted molar refractivity (Wildman–Crippen MR) is 104 cm³/mol. The van der Waals surface area contributed by atoms with Crippen LogP contribution in [0.1, 0.15) is 52.4 Å². The lowest BCUT2D eigenvalue weighted by atomic mass is 10.0. The van der Waals surface area contributed by atoms with Gasteiger partial charge < -0.3 is 16.0 Å². The average Bonchev–Trinajstić information content (AvgIpc) is 2.98. The highest BCUT2D eigenvalue weighted by Gasteiger charge is 2.13. The molecule has 0 unspecified atom stereocenters. The van der Waals surface area contributed by atoms with Gasteiger partial charge in [-0.05, 0) is 18.8 Å². The van der Waals surface area contributed by atoms with Gasteiger partial charge in [0.1, 0.15) is 0 Å². The number of guanidine groups is 1. The maximum absolute atomic E-state index is 11.4. The van der Waals surface area contributed by atoms with E-state index in [1.807, 2.05) is 13.8 Å². The maximum atomic E-state index is 11.4. The van der Waals surface area contributed by atoms with Crippen molar-refractivity contribution >= 4 is 35.8 Å². The number of nitrogens with zero attached hydrogens (tertiary/aromatic N) is 1. The lowest BCUT2D eigenvalue weighted by molar-refractivity contribution is -0.123. The standard InChI is InChI=1S/C16H32N4O.HI/c1-13(2)15(21)18-11-12-20-16(17-3)19-10-6-9-14-7-4-5-8-14;/h13-14H,4-12H2,1-3H3,(H,18,21)(H2,17,19,20);1H. The highest BCUT2D eigenvalue weighted by molar-refractivity contribution is 14.0. The van der Waals surface area contributed by atoms with Gasteiger partial charge in [0.2, 0.25) is 5.91 Å². The first kappa shape index (κ1) is 21.5. The number of carbonyl (C=O) groups is 1. The first-order valence-corrected chi connectivity index (χ1v) is 8.35. The fourth-order valence-electron chi connectivity index (χ4n) is 2.69. The third kappa shape index (κ3) is 9.48. The van der Waals surface area contributed by atoms with Crippen molar-refractivity contribution in [1.29, 1.82) is 0 Å². The molecule has 6 heteroatoms. The van der Waals surface area contributed by atoms with E-state index in [4.69, 9.17) is 0 Å². The second kappa shape index (κ2) is 13.0.